The summed E-state index contributed by atoms with van der Waals surface area (Å²) < 4.78 is 28.2. The average molecular weight is 326 g/mol. The number of halogens is 1. The first kappa shape index (κ1) is 16.5. The molecule has 8 nitrogen and oxygen atoms in total. The summed E-state index contributed by atoms with van der Waals surface area (Å²) in [6.45, 7) is 0.0489. The van der Waals surface area contributed by atoms with Crippen molar-refractivity contribution < 1.29 is 33.0 Å². The van der Waals surface area contributed by atoms with Crippen molar-refractivity contribution in [3.8, 4) is 11.5 Å². The highest BCUT2D eigenvalue weighted by molar-refractivity contribution is 5.97. The van der Waals surface area contributed by atoms with Crippen LogP contribution in [-0.2, 0) is 14.3 Å². The highest BCUT2D eigenvalue weighted by Crippen LogP contribution is 2.32. The van der Waals surface area contributed by atoms with Gasteiger partial charge in [-0.25, -0.2) is 9.18 Å². The molecule has 1 aromatic carbocycles. The minimum Gasteiger partial charge on any atom is -0.467 e. The van der Waals surface area contributed by atoms with Gasteiger partial charge in [-0.05, 0) is 18.2 Å². The number of nitrogens with one attached hydrogen (secondary N) is 1. The Morgan fingerprint density at radius 2 is 2.04 bits per heavy atom. The van der Waals surface area contributed by atoms with Gasteiger partial charge in [-0.2, -0.15) is 0 Å². The van der Waals surface area contributed by atoms with Gasteiger partial charge >= 0.3 is 5.97 Å². The molecule has 3 N–H and O–H groups in total. The molecule has 0 fully saturated rings. The van der Waals surface area contributed by atoms with Crippen molar-refractivity contribution in [2.45, 2.75) is 18.6 Å². The van der Waals surface area contributed by atoms with Crippen molar-refractivity contribution in [1.82, 2.24) is 5.32 Å². The van der Waals surface area contributed by atoms with E-state index in [4.69, 9.17) is 15.2 Å². The Morgan fingerprint density at radius 3 is 2.70 bits per heavy atom. The van der Waals surface area contributed by atoms with Gasteiger partial charge in [-0.1, -0.05) is 0 Å². The van der Waals surface area contributed by atoms with Crippen molar-refractivity contribution in [2.24, 2.45) is 5.73 Å². The molecule has 0 saturated heterocycles. The van der Waals surface area contributed by atoms with Crippen LogP contribution in [0.3, 0.4) is 0 Å². The van der Waals surface area contributed by atoms with E-state index in [9.17, 15) is 18.8 Å². The topological polar surface area (TPSA) is 117 Å². The minimum atomic E-state index is -2.09. The third kappa shape index (κ3) is 3.87. The zero-order valence-electron chi connectivity index (χ0n) is 12.2. The smallest absolute Gasteiger partial charge is 0.328 e. The van der Waals surface area contributed by atoms with Crippen molar-refractivity contribution in [3.63, 3.8) is 0 Å². The number of fused-ring (bicyclic) bond motifs is 1. The molecule has 0 saturated carbocycles. The number of ether oxygens (including phenoxy) is 3. The van der Waals surface area contributed by atoms with Crippen molar-refractivity contribution >= 4 is 17.8 Å². The third-order valence-corrected chi connectivity index (χ3v) is 3.18. The van der Waals surface area contributed by atoms with Crippen molar-refractivity contribution in [2.75, 3.05) is 13.9 Å². The Kier molecular flexibility index (Phi) is 4.99. The largest absolute Gasteiger partial charge is 0.467 e. The van der Waals surface area contributed by atoms with Crippen LogP contribution < -0.4 is 20.5 Å². The molecule has 2 amide bonds. The highest BCUT2D eigenvalue weighted by atomic mass is 19.1. The van der Waals surface area contributed by atoms with Gasteiger partial charge in [0.25, 0.3) is 11.8 Å². The quantitative estimate of drug-likeness (QED) is 0.705. The molecular formula is C14H15FN2O6. The second-order valence-electron chi connectivity index (χ2n) is 4.72. The molecule has 0 aromatic heterocycles. The number of hydrogen-bond donors (Lipinski definition) is 2. The average Bonchev–Trinajstić information content (AvgIpc) is 3.00. The van der Waals surface area contributed by atoms with Crippen LogP contribution in [0, 0.1) is 0 Å². The molecule has 1 aliphatic heterocycles. The Morgan fingerprint density at radius 1 is 1.35 bits per heavy atom. The van der Waals surface area contributed by atoms with Crippen LogP contribution in [0.1, 0.15) is 16.8 Å². The monoisotopic (exact) mass is 326 g/mol. The number of methoxy groups -OCH3 is 1. The van der Waals surface area contributed by atoms with E-state index in [-0.39, 0.29) is 12.4 Å². The number of carbonyl (C=O) groups is 3. The van der Waals surface area contributed by atoms with Gasteiger partial charge < -0.3 is 25.3 Å². The van der Waals surface area contributed by atoms with E-state index < -0.39 is 36.4 Å². The van der Waals surface area contributed by atoms with Crippen LogP contribution >= 0.6 is 0 Å². The van der Waals surface area contributed by atoms with Crippen LogP contribution in [0.15, 0.2) is 18.2 Å². The SMILES string of the molecule is COC(=O)[C@H](C[C@@H](F)C(N)=O)NC(=O)c1ccc2c(c1)OCO2. The standard InChI is InChI=1S/C14H15FN2O6/c1-21-14(20)9(5-8(15)12(16)18)17-13(19)7-2-3-10-11(4-7)23-6-22-10/h2-4,8-9H,5-6H2,1H3,(H2,16,18)(H,17,19)/t8-,9+/m1/s1. The molecule has 0 aliphatic carbocycles. The summed E-state index contributed by atoms with van der Waals surface area (Å²) in [5.41, 5.74) is 5.00. The number of esters is 1. The Balaban J connectivity index is 2.10. The lowest BCUT2D eigenvalue weighted by Gasteiger charge is -2.17. The van der Waals surface area contributed by atoms with E-state index in [1.54, 1.807) is 0 Å². The van der Waals surface area contributed by atoms with Gasteiger partial charge in [0, 0.05) is 12.0 Å². The molecule has 2 rings (SSSR count). The number of nitrogens with two attached hydrogens (primary N) is 1. The lowest BCUT2D eigenvalue weighted by atomic mass is 10.1. The van der Waals surface area contributed by atoms with E-state index in [0.29, 0.717) is 11.5 Å². The van der Waals surface area contributed by atoms with Crippen molar-refractivity contribution in [3.05, 3.63) is 23.8 Å². The number of amides is 2. The van der Waals surface area contributed by atoms with Crippen LogP contribution in [-0.4, -0.2) is 43.9 Å². The summed E-state index contributed by atoms with van der Waals surface area (Å²) in [5, 5.41) is 2.30. The van der Waals surface area contributed by atoms with Gasteiger partial charge in [-0.3, -0.25) is 9.59 Å². The number of rotatable bonds is 6. The maximum absolute atomic E-state index is 13.4. The van der Waals surface area contributed by atoms with Crippen LogP contribution in [0.4, 0.5) is 4.39 Å². The van der Waals surface area contributed by atoms with Crippen LogP contribution in [0.2, 0.25) is 0 Å². The molecule has 0 spiro atoms. The molecule has 1 aromatic rings. The van der Waals surface area contributed by atoms with Crippen LogP contribution in [0.25, 0.3) is 0 Å². The molecular weight excluding hydrogens is 311 g/mol. The zero-order valence-corrected chi connectivity index (χ0v) is 12.2. The first-order chi connectivity index (χ1) is 10.9. The van der Waals surface area contributed by atoms with E-state index >= 15 is 0 Å². The second kappa shape index (κ2) is 6.95. The van der Waals surface area contributed by atoms with Gasteiger partial charge in [0.1, 0.15) is 6.04 Å². The first-order valence-corrected chi connectivity index (χ1v) is 6.64. The van der Waals surface area contributed by atoms with Gasteiger partial charge in [0.15, 0.2) is 17.7 Å². The lowest BCUT2D eigenvalue weighted by molar-refractivity contribution is -0.143. The van der Waals surface area contributed by atoms with Gasteiger partial charge in [-0.15, -0.1) is 0 Å². The van der Waals surface area contributed by atoms with E-state index in [1.165, 1.54) is 18.2 Å². The molecule has 0 radical (unpaired) electrons. The molecule has 9 heteroatoms. The first-order valence-electron chi connectivity index (χ1n) is 6.64. The second-order valence-corrected chi connectivity index (χ2v) is 4.72. The van der Waals surface area contributed by atoms with E-state index in [1.807, 2.05) is 0 Å². The highest BCUT2D eigenvalue weighted by Gasteiger charge is 2.29. The molecule has 1 heterocycles. The predicted molar refractivity (Wildman–Crippen MR) is 74.5 cm³/mol. The van der Waals surface area contributed by atoms with E-state index in [0.717, 1.165) is 7.11 Å². The number of hydrogen-bond acceptors (Lipinski definition) is 6. The summed E-state index contributed by atoms with van der Waals surface area (Å²) in [7, 11) is 1.08. The third-order valence-electron chi connectivity index (χ3n) is 3.18. The fraction of sp³-hybridized carbons (Fsp3) is 0.357. The van der Waals surface area contributed by atoms with Crippen molar-refractivity contribution in [1.29, 1.82) is 0 Å². The number of carbonyl (C=O) groups excluding carboxylic acids is 3. The molecule has 1 aliphatic rings. The summed E-state index contributed by atoms with van der Waals surface area (Å²) in [6.07, 6.45) is -2.70. The summed E-state index contributed by atoms with van der Waals surface area (Å²) in [6, 6.07) is 3.07. The zero-order chi connectivity index (χ0) is 17.0. The predicted octanol–water partition coefficient (Wildman–Crippen LogP) is -0.0998. The summed E-state index contributed by atoms with van der Waals surface area (Å²) in [4.78, 5) is 34.6. The maximum Gasteiger partial charge on any atom is 0.328 e. The number of alkyl halides is 1. The number of benzene rings is 1. The fourth-order valence-electron chi connectivity index (χ4n) is 1.96. The normalized spacial score (nSPS) is 14.7. The van der Waals surface area contributed by atoms with Gasteiger partial charge in [0.2, 0.25) is 6.79 Å². The Bertz CT molecular complexity index is 636. The molecule has 124 valence electrons. The lowest BCUT2D eigenvalue weighted by Crippen LogP contribution is -2.45. The molecule has 2 atom stereocenters. The van der Waals surface area contributed by atoms with Gasteiger partial charge in [0.05, 0.1) is 7.11 Å². The molecule has 0 bridgehead atoms. The summed E-state index contributed by atoms with van der Waals surface area (Å²) in [5.74, 6) is -1.90. The van der Waals surface area contributed by atoms with E-state index in [2.05, 4.69) is 10.1 Å². The van der Waals surface area contributed by atoms with Crippen LogP contribution in [0.5, 0.6) is 11.5 Å². The molecule has 0 unspecified atom stereocenters. The fourth-order valence-corrected chi connectivity index (χ4v) is 1.96. The maximum atomic E-state index is 13.4. The summed E-state index contributed by atoms with van der Waals surface area (Å²) >= 11 is 0. The number of primary amides is 1. The Labute approximate surface area is 130 Å². The molecule has 23 heavy (non-hydrogen) atoms. The minimum absolute atomic E-state index is 0.0489. The Hall–Kier alpha value is -2.84.